The molecule has 13 nitrogen and oxygen atoms in total. The number of alkyl carbamates (subject to hydrolysis) is 1. The normalized spacial score (nSPS) is 28.0. The number of carbonyl (C=O) groups excluding carboxylic acids is 5. The fraction of sp³-hybridized carbons (Fsp3) is 0.636. The first-order valence-electron chi connectivity index (χ1n) is 15.9. The highest BCUT2D eigenvalue weighted by Gasteiger charge is 2.70. The van der Waals surface area contributed by atoms with Crippen LogP contribution in [0, 0.1) is 34.5 Å². The molecule has 1 aromatic carbocycles. The van der Waals surface area contributed by atoms with Crippen LogP contribution in [0.5, 0.6) is 0 Å². The lowest BCUT2D eigenvalue weighted by atomic mass is 9.91. The van der Waals surface area contributed by atoms with Gasteiger partial charge in [0.05, 0.1) is 12.2 Å². The van der Waals surface area contributed by atoms with Crippen molar-refractivity contribution in [3.63, 3.8) is 0 Å². The second-order valence-electron chi connectivity index (χ2n) is 14.5. The van der Waals surface area contributed by atoms with Gasteiger partial charge in [-0.3, -0.25) is 19.2 Å². The summed E-state index contributed by atoms with van der Waals surface area (Å²) >= 11 is 0. The Hall–Kier alpha value is -4.18. The van der Waals surface area contributed by atoms with Crippen molar-refractivity contribution in [1.82, 2.24) is 20.9 Å². The van der Waals surface area contributed by atoms with Gasteiger partial charge in [-0.05, 0) is 69.3 Å². The summed E-state index contributed by atoms with van der Waals surface area (Å²) in [5.74, 6) is -2.46. The Morgan fingerprint density at radius 2 is 1.80 bits per heavy atom. The zero-order chi connectivity index (χ0) is 33.6. The van der Waals surface area contributed by atoms with Crippen molar-refractivity contribution in [3.05, 3.63) is 35.9 Å². The maximum Gasteiger partial charge on any atom is 0.408 e. The Kier molecular flexibility index (Phi) is 8.81. The van der Waals surface area contributed by atoms with E-state index in [-0.39, 0.29) is 42.7 Å². The molecule has 0 unspecified atom stereocenters. The smallest absolute Gasteiger partial charge is 0.408 e. The summed E-state index contributed by atoms with van der Waals surface area (Å²) in [6.45, 7) is 9.67. The lowest BCUT2D eigenvalue weighted by Gasteiger charge is -2.35. The van der Waals surface area contributed by atoms with Crippen molar-refractivity contribution in [3.8, 4) is 6.07 Å². The number of likely N-dealkylation sites (tertiary alicyclic amines) is 1. The lowest BCUT2D eigenvalue weighted by molar-refractivity contribution is -0.150. The molecule has 248 valence electrons. The van der Waals surface area contributed by atoms with Gasteiger partial charge in [-0.1, -0.05) is 44.2 Å². The summed E-state index contributed by atoms with van der Waals surface area (Å²) in [5, 5.41) is 18.2. The van der Waals surface area contributed by atoms with Crippen LogP contribution in [0.4, 0.5) is 4.79 Å². The van der Waals surface area contributed by atoms with Gasteiger partial charge in [0.1, 0.15) is 30.3 Å². The van der Waals surface area contributed by atoms with Gasteiger partial charge in [0.15, 0.2) is 0 Å². The van der Waals surface area contributed by atoms with Crippen LogP contribution in [-0.4, -0.2) is 76.5 Å². The minimum atomic E-state index is -1.30. The number of carbonyl (C=O) groups is 5. The topological polar surface area (TPSA) is 193 Å². The minimum absolute atomic E-state index is 0.0245. The molecule has 5 amide bonds. The van der Waals surface area contributed by atoms with E-state index in [9.17, 15) is 29.2 Å². The van der Waals surface area contributed by atoms with Crippen molar-refractivity contribution in [2.24, 2.45) is 28.9 Å². The van der Waals surface area contributed by atoms with Crippen LogP contribution in [-0.2, 0) is 35.3 Å². The van der Waals surface area contributed by atoms with Gasteiger partial charge in [0, 0.05) is 18.0 Å². The van der Waals surface area contributed by atoms with Crippen LogP contribution < -0.4 is 21.7 Å². The third-order valence-corrected chi connectivity index (χ3v) is 10.1. The molecule has 7 atom stereocenters. The summed E-state index contributed by atoms with van der Waals surface area (Å²) in [7, 11) is 0. The lowest BCUT2D eigenvalue weighted by Crippen LogP contribution is -2.60. The van der Waals surface area contributed by atoms with Crippen LogP contribution in [0.1, 0.15) is 65.9 Å². The van der Waals surface area contributed by atoms with Crippen LogP contribution >= 0.6 is 0 Å². The number of nitrogens with two attached hydrogens (primary N) is 1. The van der Waals surface area contributed by atoms with E-state index in [1.54, 1.807) is 19.1 Å². The van der Waals surface area contributed by atoms with Gasteiger partial charge in [-0.15, -0.1) is 0 Å². The van der Waals surface area contributed by atoms with Gasteiger partial charge < -0.3 is 36.1 Å². The Labute approximate surface area is 268 Å². The summed E-state index contributed by atoms with van der Waals surface area (Å²) in [4.78, 5) is 67.2. The maximum absolute atomic E-state index is 14.3. The second kappa shape index (κ2) is 12.2. The Balaban J connectivity index is 1.33. The van der Waals surface area contributed by atoms with Gasteiger partial charge in [0.25, 0.3) is 0 Å². The predicted octanol–water partition coefficient (Wildman–Crippen LogP) is 1.50. The third-order valence-electron chi connectivity index (χ3n) is 10.1. The fourth-order valence-electron chi connectivity index (χ4n) is 7.29. The number of ether oxygens (including phenoxy) is 2. The molecule has 2 saturated carbocycles. The van der Waals surface area contributed by atoms with Gasteiger partial charge in [-0.25, -0.2) is 4.79 Å². The van der Waals surface area contributed by atoms with Crippen molar-refractivity contribution >= 4 is 29.7 Å². The molecule has 2 aliphatic carbocycles. The summed E-state index contributed by atoms with van der Waals surface area (Å²) in [5.41, 5.74) is 4.48. The van der Waals surface area contributed by atoms with E-state index < -0.39 is 65.1 Å². The number of piperidine rings is 1. The SMILES string of the molecule is C[C@@H](OC1(C(N)=O)CC1)[C@H](NC(=O)OCc1ccccc1)C(=O)N1C[C@H]2[C@@H]([C@H]1C(=O)N[C@H](C#N)C[C@@H]1CC(C)(C)NC1=O)C2(C)C. The standard InChI is InChI=1S/C33H44N6O7/c1-18(46-33(11-12-33)29(35)43)24(37-30(44)45-17-19-9-7-6-8-10-19)28(42)39-16-22-23(32(22,4)5)25(39)27(41)36-21(15-34)13-20-14-31(2,3)38-26(20)40/h6-10,18,20-25H,11-14,16-17H2,1-5H3,(H2,35,43)(H,36,41)(H,37,44)(H,38,40)/t18-,20-,21+,22+,23+,24+,25+/m1/s1. The van der Waals surface area contributed by atoms with Crippen molar-refractivity contribution < 1.29 is 33.4 Å². The molecule has 2 saturated heterocycles. The predicted molar refractivity (Wildman–Crippen MR) is 164 cm³/mol. The molecule has 5 N–H and O–H groups in total. The molecular formula is C33H44N6O7. The molecule has 13 heteroatoms. The minimum Gasteiger partial charge on any atom is -0.445 e. The summed E-state index contributed by atoms with van der Waals surface area (Å²) < 4.78 is 11.4. The number of hydrogen-bond donors (Lipinski definition) is 4. The quantitative estimate of drug-likeness (QED) is 0.265. The summed E-state index contributed by atoms with van der Waals surface area (Å²) in [6, 6.07) is 7.99. The molecular weight excluding hydrogens is 592 g/mol. The molecule has 5 rings (SSSR count). The van der Waals surface area contributed by atoms with Crippen LogP contribution in [0.3, 0.4) is 0 Å². The molecule has 0 radical (unpaired) electrons. The third kappa shape index (κ3) is 6.67. The Morgan fingerprint density at radius 3 is 2.37 bits per heavy atom. The average Bonchev–Trinajstić information content (AvgIpc) is 3.77. The first kappa shape index (κ1) is 33.2. The first-order valence-corrected chi connectivity index (χ1v) is 15.9. The van der Waals surface area contributed by atoms with Crippen molar-refractivity contribution in [1.29, 1.82) is 5.26 Å². The molecule has 4 aliphatic rings. The van der Waals surface area contributed by atoms with Gasteiger partial charge in [0.2, 0.25) is 23.6 Å². The van der Waals surface area contributed by atoms with E-state index in [0.29, 0.717) is 19.3 Å². The van der Waals surface area contributed by atoms with Crippen molar-refractivity contribution in [2.45, 2.75) is 102 Å². The number of nitrogens with one attached hydrogen (secondary N) is 3. The van der Waals surface area contributed by atoms with E-state index in [4.69, 9.17) is 15.2 Å². The van der Waals surface area contributed by atoms with Crippen LogP contribution in [0.2, 0.25) is 0 Å². The Morgan fingerprint density at radius 1 is 1.13 bits per heavy atom. The first-order chi connectivity index (χ1) is 21.6. The van der Waals surface area contributed by atoms with Crippen LogP contribution in [0.15, 0.2) is 30.3 Å². The Bertz CT molecular complexity index is 1440. The van der Waals surface area contributed by atoms with Crippen molar-refractivity contribution in [2.75, 3.05) is 6.54 Å². The highest BCUT2D eigenvalue weighted by atomic mass is 16.6. The molecule has 1 aromatic rings. The average molecular weight is 637 g/mol. The number of primary amides is 1. The highest BCUT2D eigenvalue weighted by Crippen LogP contribution is 2.65. The molecule has 2 heterocycles. The number of fused-ring (bicyclic) bond motifs is 1. The summed E-state index contributed by atoms with van der Waals surface area (Å²) in [6.07, 6.45) is -0.390. The number of amides is 5. The molecule has 0 bridgehead atoms. The van der Waals surface area contributed by atoms with Crippen LogP contribution in [0.25, 0.3) is 0 Å². The molecule has 46 heavy (non-hydrogen) atoms. The van der Waals surface area contributed by atoms with E-state index >= 15 is 0 Å². The van der Waals surface area contributed by atoms with Gasteiger partial charge in [-0.2, -0.15) is 5.26 Å². The molecule has 4 fully saturated rings. The number of nitriles is 1. The molecule has 2 aliphatic heterocycles. The van der Waals surface area contributed by atoms with E-state index in [0.717, 1.165) is 5.56 Å². The zero-order valence-corrected chi connectivity index (χ0v) is 27.0. The number of benzene rings is 1. The highest BCUT2D eigenvalue weighted by molar-refractivity contribution is 5.94. The maximum atomic E-state index is 14.3. The van der Waals surface area contributed by atoms with E-state index in [1.165, 1.54) is 4.90 Å². The van der Waals surface area contributed by atoms with E-state index in [2.05, 4.69) is 22.0 Å². The van der Waals surface area contributed by atoms with Gasteiger partial charge >= 0.3 is 6.09 Å². The monoisotopic (exact) mass is 636 g/mol. The fourth-order valence-corrected chi connectivity index (χ4v) is 7.29. The number of nitrogens with zero attached hydrogens (tertiary/aromatic N) is 2. The number of rotatable bonds is 12. The van der Waals surface area contributed by atoms with E-state index in [1.807, 2.05) is 45.9 Å². The second-order valence-corrected chi connectivity index (χ2v) is 14.5. The molecule has 0 spiro atoms. The zero-order valence-electron chi connectivity index (χ0n) is 27.0. The molecule has 0 aromatic heterocycles. The number of hydrogen-bond acceptors (Lipinski definition) is 8. The largest absolute Gasteiger partial charge is 0.445 e.